The number of pyridine rings is 1. The average Bonchev–Trinajstić information content (AvgIpc) is 3.17. The van der Waals surface area contributed by atoms with E-state index in [1.54, 1.807) is 24.4 Å². The Hall–Kier alpha value is -3.25. The largest absolute Gasteiger partial charge is 0.454 e. The van der Waals surface area contributed by atoms with Gasteiger partial charge in [0.2, 0.25) is 6.79 Å². The number of halogens is 1. The van der Waals surface area contributed by atoms with E-state index in [2.05, 4.69) is 15.6 Å². The van der Waals surface area contributed by atoms with Gasteiger partial charge >= 0.3 is 0 Å². The molecule has 0 atom stereocenters. The monoisotopic (exact) mass is 395 g/mol. The Kier molecular flexibility index (Phi) is 5.04. The fourth-order valence-electron chi connectivity index (χ4n) is 2.83. The minimum atomic E-state index is -0.294. The normalized spacial score (nSPS) is 11.9. The number of nitrogens with one attached hydrogen (secondary N) is 2. The summed E-state index contributed by atoms with van der Waals surface area (Å²) in [5, 5.41) is 6.71. The lowest BCUT2D eigenvalue weighted by molar-refractivity contribution is 0.102. The molecule has 0 unspecified atom stereocenters. The number of ether oxygens (including phenoxy) is 2. The summed E-state index contributed by atoms with van der Waals surface area (Å²) in [7, 11) is 0. The van der Waals surface area contributed by atoms with Crippen LogP contribution in [0.5, 0.6) is 11.5 Å². The van der Waals surface area contributed by atoms with Gasteiger partial charge in [0, 0.05) is 29.1 Å². The van der Waals surface area contributed by atoms with Crippen molar-refractivity contribution in [2.75, 3.05) is 17.4 Å². The molecule has 2 aromatic carbocycles. The van der Waals surface area contributed by atoms with Crippen molar-refractivity contribution in [3.8, 4) is 11.5 Å². The summed E-state index contributed by atoms with van der Waals surface area (Å²) in [6, 6.07) is 14.7. The Morgan fingerprint density at radius 1 is 1.11 bits per heavy atom. The molecule has 142 valence electrons. The van der Waals surface area contributed by atoms with Gasteiger partial charge in [-0.2, -0.15) is 0 Å². The third-order valence-corrected chi connectivity index (χ3v) is 4.61. The number of hydrogen-bond acceptors (Lipinski definition) is 5. The Labute approximate surface area is 167 Å². The van der Waals surface area contributed by atoms with E-state index >= 15 is 0 Å². The molecule has 28 heavy (non-hydrogen) atoms. The van der Waals surface area contributed by atoms with Crippen molar-refractivity contribution in [2.45, 2.75) is 13.5 Å². The summed E-state index contributed by atoms with van der Waals surface area (Å²) in [4.78, 5) is 16.7. The van der Waals surface area contributed by atoms with Gasteiger partial charge in [-0.3, -0.25) is 9.78 Å². The molecule has 3 aromatic rings. The van der Waals surface area contributed by atoms with E-state index in [1.165, 1.54) is 0 Å². The first-order valence-corrected chi connectivity index (χ1v) is 9.12. The summed E-state index contributed by atoms with van der Waals surface area (Å²) in [6.07, 6.45) is 1.60. The predicted molar refractivity (Wildman–Crippen MR) is 108 cm³/mol. The fraction of sp³-hybridized carbons (Fsp3) is 0.143. The van der Waals surface area contributed by atoms with Gasteiger partial charge in [-0.05, 0) is 54.4 Å². The maximum absolute atomic E-state index is 12.6. The van der Waals surface area contributed by atoms with E-state index in [0.717, 1.165) is 28.3 Å². The lowest BCUT2D eigenvalue weighted by Gasteiger charge is -2.10. The first-order valence-electron chi connectivity index (χ1n) is 8.74. The highest BCUT2D eigenvalue weighted by molar-refractivity contribution is 6.31. The van der Waals surface area contributed by atoms with Crippen molar-refractivity contribution in [1.82, 2.24) is 4.98 Å². The molecule has 2 N–H and O–H groups in total. The molecule has 1 aliphatic heterocycles. The molecule has 0 bridgehead atoms. The smallest absolute Gasteiger partial charge is 0.274 e. The third-order valence-electron chi connectivity index (χ3n) is 4.37. The van der Waals surface area contributed by atoms with Crippen molar-refractivity contribution in [3.05, 3.63) is 76.6 Å². The van der Waals surface area contributed by atoms with Crippen molar-refractivity contribution < 1.29 is 14.3 Å². The molecule has 0 aliphatic carbocycles. The molecule has 4 rings (SSSR count). The number of aromatic nitrogens is 1. The molecule has 1 amide bonds. The van der Waals surface area contributed by atoms with Crippen LogP contribution < -0.4 is 20.1 Å². The molecule has 0 saturated carbocycles. The van der Waals surface area contributed by atoms with E-state index in [-0.39, 0.29) is 12.7 Å². The number of amides is 1. The molecule has 0 radical (unpaired) electrons. The highest BCUT2D eigenvalue weighted by Gasteiger charge is 2.13. The average molecular weight is 396 g/mol. The second kappa shape index (κ2) is 7.78. The molecular formula is C21H18ClN3O3. The predicted octanol–water partition coefficient (Wildman–Crippen LogP) is 4.64. The van der Waals surface area contributed by atoms with Crippen LogP contribution in [-0.4, -0.2) is 17.7 Å². The van der Waals surface area contributed by atoms with Gasteiger partial charge in [0.05, 0.1) is 0 Å². The number of fused-ring (bicyclic) bond motifs is 1. The summed E-state index contributed by atoms with van der Waals surface area (Å²) in [6.45, 7) is 2.74. The van der Waals surface area contributed by atoms with Crippen LogP contribution >= 0.6 is 11.6 Å². The Morgan fingerprint density at radius 2 is 1.96 bits per heavy atom. The quantitative estimate of drug-likeness (QED) is 0.658. The van der Waals surface area contributed by atoms with Crippen LogP contribution in [0.4, 0.5) is 11.4 Å². The van der Waals surface area contributed by atoms with Gasteiger partial charge in [0.25, 0.3) is 5.91 Å². The van der Waals surface area contributed by atoms with Gasteiger partial charge < -0.3 is 20.1 Å². The summed E-state index contributed by atoms with van der Waals surface area (Å²) in [5.74, 6) is 1.20. The van der Waals surface area contributed by atoms with Crippen LogP contribution in [-0.2, 0) is 6.54 Å². The van der Waals surface area contributed by atoms with Crippen LogP contribution in [0.3, 0.4) is 0 Å². The molecule has 6 nitrogen and oxygen atoms in total. The number of aryl methyl sites for hydroxylation is 1. The van der Waals surface area contributed by atoms with Gasteiger partial charge in [-0.1, -0.05) is 23.7 Å². The van der Waals surface area contributed by atoms with Gasteiger partial charge in [-0.15, -0.1) is 0 Å². The van der Waals surface area contributed by atoms with Crippen LogP contribution in [0.25, 0.3) is 0 Å². The Bertz CT molecular complexity index is 1040. The zero-order valence-corrected chi connectivity index (χ0v) is 15.9. The molecule has 0 saturated heterocycles. The molecule has 0 fully saturated rings. The summed E-state index contributed by atoms with van der Waals surface area (Å²) in [5.41, 5.74) is 3.74. The maximum Gasteiger partial charge on any atom is 0.274 e. The minimum Gasteiger partial charge on any atom is -0.454 e. The first-order chi connectivity index (χ1) is 13.6. The Morgan fingerprint density at radius 3 is 2.86 bits per heavy atom. The van der Waals surface area contributed by atoms with E-state index < -0.39 is 0 Å². The van der Waals surface area contributed by atoms with E-state index in [9.17, 15) is 4.79 Å². The van der Waals surface area contributed by atoms with Crippen molar-refractivity contribution in [2.24, 2.45) is 0 Å². The van der Waals surface area contributed by atoms with Crippen LogP contribution in [0, 0.1) is 6.92 Å². The summed E-state index contributed by atoms with van der Waals surface area (Å²) < 4.78 is 10.7. The third kappa shape index (κ3) is 4.02. The van der Waals surface area contributed by atoms with Crippen LogP contribution in [0.2, 0.25) is 5.02 Å². The van der Waals surface area contributed by atoms with Gasteiger partial charge in [-0.25, -0.2) is 0 Å². The number of carbonyl (C=O) groups excluding carboxylic acids is 1. The molecule has 1 aromatic heterocycles. The highest BCUT2D eigenvalue weighted by atomic mass is 35.5. The van der Waals surface area contributed by atoms with Crippen LogP contribution in [0.15, 0.2) is 54.7 Å². The van der Waals surface area contributed by atoms with Crippen molar-refractivity contribution in [1.29, 1.82) is 0 Å². The number of rotatable bonds is 5. The molecule has 7 heteroatoms. The zero-order chi connectivity index (χ0) is 19.5. The standard InChI is InChI=1S/C21H18ClN3O3/c1-13-2-4-15(22)9-17(13)25-21(26)18-10-16(6-7-23-18)24-11-14-3-5-19-20(8-14)28-12-27-19/h2-10H,11-12H2,1H3,(H,23,24)(H,25,26). The van der Waals surface area contributed by atoms with Gasteiger partial charge in [0.15, 0.2) is 11.5 Å². The SMILES string of the molecule is Cc1ccc(Cl)cc1NC(=O)c1cc(NCc2ccc3c(c2)OCO3)ccn1. The topological polar surface area (TPSA) is 72.5 Å². The number of nitrogens with zero attached hydrogens (tertiary/aromatic N) is 1. The maximum atomic E-state index is 12.6. The number of benzene rings is 2. The number of carbonyl (C=O) groups is 1. The second-order valence-corrected chi connectivity index (χ2v) is 6.82. The van der Waals surface area contributed by atoms with E-state index in [1.807, 2.05) is 37.3 Å². The van der Waals surface area contributed by atoms with Crippen LogP contribution in [0.1, 0.15) is 21.6 Å². The highest BCUT2D eigenvalue weighted by Crippen LogP contribution is 2.32. The lowest BCUT2D eigenvalue weighted by Crippen LogP contribution is -2.14. The lowest BCUT2D eigenvalue weighted by atomic mass is 10.2. The van der Waals surface area contributed by atoms with Crippen molar-refractivity contribution in [3.63, 3.8) is 0 Å². The molecular weight excluding hydrogens is 378 g/mol. The zero-order valence-electron chi connectivity index (χ0n) is 15.2. The van der Waals surface area contributed by atoms with E-state index in [0.29, 0.717) is 22.9 Å². The molecule has 2 heterocycles. The second-order valence-electron chi connectivity index (χ2n) is 6.38. The molecule has 1 aliphatic rings. The van der Waals surface area contributed by atoms with E-state index in [4.69, 9.17) is 21.1 Å². The fourth-order valence-corrected chi connectivity index (χ4v) is 3.01. The summed E-state index contributed by atoms with van der Waals surface area (Å²) >= 11 is 6.01. The Balaban J connectivity index is 1.43. The van der Waals surface area contributed by atoms with Crippen molar-refractivity contribution >= 4 is 28.9 Å². The van der Waals surface area contributed by atoms with Gasteiger partial charge in [0.1, 0.15) is 5.69 Å². The first kappa shape index (κ1) is 18.1. The number of anilines is 2. The number of hydrogen-bond donors (Lipinski definition) is 2. The molecule has 0 spiro atoms. The minimum absolute atomic E-state index is 0.251.